The van der Waals surface area contributed by atoms with E-state index >= 15 is 0 Å². The molecular formula is C18H29N3O5. The molecule has 2 unspecified atom stereocenters. The molecule has 2 N–H and O–H groups in total. The van der Waals surface area contributed by atoms with Crippen LogP contribution in [0.4, 0.5) is 4.79 Å². The van der Waals surface area contributed by atoms with Crippen LogP contribution in [0.1, 0.15) is 38.5 Å². The molecule has 2 atom stereocenters. The van der Waals surface area contributed by atoms with Gasteiger partial charge in [0.05, 0.1) is 6.61 Å². The third-order valence-corrected chi connectivity index (χ3v) is 5.74. The molecule has 3 aliphatic rings. The van der Waals surface area contributed by atoms with E-state index < -0.39 is 12.0 Å². The summed E-state index contributed by atoms with van der Waals surface area (Å²) in [4.78, 5) is 40.2. The fourth-order valence-electron chi connectivity index (χ4n) is 4.12. The van der Waals surface area contributed by atoms with Gasteiger partial charge in [-0.1, -0.05) is 0 Å². The van der Waals surface area contributed by atoms with Gasteiger partial charge in [0.15, 0.2) is 0 Å². The van der Waals surface area contributed by atoms with E-state index in [1.54, 1.807) is 0 Å². The first kappa shape index (κ1) is 18.9. The van der Waals surface area contributed by atoms with Crippen LogP contribution in [0.5, 0.6) is 0 Å². The summed E-state index contributed by atoms with van der Waals surface area (Å²) in [5, 5.41) is 12.2. The fraction of sp³-hybridized carbons (Fsp3) is 0.833. The van der Waals surface area contributed by atoms with Crippen molar-refractivity contribution in [2.45, 2.75) is 44.6 Å². The van der Waals surface area contributed by atoms with E-state index in [2.05, 4.69) is 5.32 Å². The van der Waals surface area contributed by atoms with E-state index in [9.17, 15) is 19.5 Å². The molecule has 3 heterocycles. The van der Waals surface area contributed by atoms with Gasteiger partial charge in [-0.3, -0.25) is 4.79 Å². The van der Waals surface area contributed by atoms with Crippen LogP contribution < -0.4 is 5.32 Å². The predicted octanol–water partition coefficient (Wildman–Crippen LogP) is 0.910. The van der Waals surface area contributed by atoms with Crippen LogP contribution in [0, 0.1) is 11.8 Å². The second-order valence-corrected chi connectivity index (χ2v) is 7.54. The maximum Gasteiger partial charge on any atom is 0.326 e. The topological polar surface area (TPSA) is 99.2 Å². The maximum absolute atomic E-state index is 12.6. The molecule has 0 aromatic rings. The Bertz CT molecular complexity index is 521. The molecule has 0 saturated carbocycles. The van der Waals surface area contributed by atoms with Gasteiger partial charge in [0.1, 0.15) is 6.04 Å². The molecule has 0 aromatic heterocycles. The molecule has 0 aliphatic carbocycles. The van der Waals surface area contributed by atoms with Crippen molar-refractivity contribution >= 4 is 17.9 Å². The molecule has 26 heavy (non-hydrogen) atoms. The lowest BCUT2D eigenvalue weighted by Gasteiger charge is -2.35. The fourth-order valence-corrected chi connectivity index (χ4v) is 4.12. The highest BCUT2D eigenvalue weighted by Crippen LogP contribution is 2.22. The van der Waals surface area contributed by atoms with Crippen molar-refractivity contribution in [2.24, 2.45) is 11.8 Å². The third-order valence-electron chi connectivity index (χ3n) is 5.74. The number of urea groups is 1. The highest BCUT2D eigenvalue weighted by Gasteiger charge is 2.35. The van der Waals surface area contributed by atoms with E-state index in [4.69, 9.17) is 4.74 Å². The van der Waals surface area contributed by atoms with Gasteiger partial charge in [-0.2, -0.15) is 0 Å². The van der Waals surface area contributed by atoms with Gasteiger partial charge in [-0.15, -0.1) is 0 Å². The van der Waals surface area contributed by atoms with E-state index in [1.807, 2.05) is 9.80 Å². The number of hydrogen-bond donors (Lipinski definition) is 2. The maximum atomic E-state index is 12.6. The molecule has 3 amide bonds. The summed E-state index contributed by atoms with van der Waals surface area (Å²) in [7, 11) is 0. The average molecular weight is 367 g/mol. The molecule has 0 radical (unpaired) electrons. The Balaban J connectivity index is 1.49. The van der Waals surface area contributed by atoms with Crippen LogP contribution >= 0.6 is 0 Å². The molecule has 146 valence electrons. The molecule has 3 fully saturated rings. The lowest BCUT2D eigenvalue weighted by Crippen LogP contribution is -2.52. The minimum Gasteiger partial charge on any atom is -0.480 e. The van der Waals surface area contributed by atoms with Gasteiger partial charge < -0.3 is 25.0 Å². The summed E-state index contributed by atoms with van der Waals surface area (Å²) in [6.45, 7) is 3.78. The van der Waals surface area contributed by atoms with Crippen molar-refractivity contribution in [3.05, 3.63) is 0 Å². The first-order valence-electron chi connectivity index (χ1n) is 9.71. The minimum atomic E-state index is -1.00. The summed E-state index contributed by atoms with van der Waals surface area (Å²) in [5.74, 6) is -1.63. The number of aliphatic carboxylic acids is 1. The summed E-state index contributed by atoms with van der Waals surface area (Å²) in [6.07, 6.45) is 4.86. The standard InChI is InChI=1S/C18H29N3O5/c22-16(19-15(17(23)24)14-4-3-11-26-12-14)13-5-9-21(10-6-13)18(25)20-7-1-2-8-20/h13-15H,1-12H2,(H,19,22)(H,23,24). The van der Waals surface area contributed by atoms with Crippen LogP contribution in [0.3, 0.4) is 0 Å². The molecule has 0 aromatic carbocycles. The van der Waals surface area contributed by atoms with Gasteiger partial charge in [-0.25, -0.2) is 9.59 Å². The molecule has 3 aliphatic heterocycles. The number of likely N-dealkylation sites (tertiary alicyclic amines) is 2. The minimum absolute atomic E-state index is 0.0733. The Labute approximate surface area is 153 Å². The van der Waals surface area contributed by atoms with E-state index in [0.29, 0.717) is 39.1 Å². The Morgan fingerprint density at radius 2 is 1.62 bits per heavy atom. The number of nitrogens with zero attached hydrogens (tertiary/aromatic N) is 2. The van der Waals surface area contributed by atoms with Crippen LogP contribution in [-0.2, 0) is 14.3 Å². The number of carboxylic acid groups (broad SMARTS) is 1. The molecule has 0 spiro atoms. The quantitative estimate of drug-likeness (QED) is 0.769. The zero-order valence-corrected chi connectivity index (χ0v) is 15.2. The summed E-state index contributed by atoms with van der Waals surface area (Å²) in [6, 6.07) is -0.823. The second-order valence-electron chi connectivity index (χ2n) is 7.54. The van der Waals surface area contributed by atoms with Crippen LogP contribution in [-0.4, -0.2) is 78.2 Å². The number of rotatable bonds is 4. The van der Waals surface area contributed by atoms with E-state index in [-0.39, 0.29) is 23.8 Å². The van der Waals surface area contributed by atoms with Gasteiger partial charge in [0, 0.05) is 44.6 Å². The van der Waals surface area contributed by atoms with Crippen LogP contribution in [0.15, 0.2) is 0 Å². The first-order chi connectivity index (χ1) is 12.6. The van der Waals surface area contributed by atoms with E-state index in [0.717, 1.165) is 38.8 Å². The number of carbonyl (C=O) groups excluding carboxylic acids is 2. The monoisotopic (exact) mass is 367 g/mol. The number of nitrogens with one attached hydrogen (secondary N) is 1. The summed E-state index contributed by atoms with van der Waals surface area (Å²) in [5.41, 5.74) is 0. The molecule has 0 bridgehead atoms. The van der Waals surface area contributed by atoms with Crippen molar-refractivity contribution in [3.8, 4) is 0 Å². The van der Waals surface area contributed by atoms with Crippen molar-refractivity contribution in [3.63, 3.8) is 0 Å². The smallest absolute Gasteiger partial charge is 0.326 e. The van der Waals surface area contributed by atoms with Gasteiger partial charge >= 0.3 is 12.0 Å². The number of amides is 3. The van der Waals surface area contributed by atoms with Gasteiger partial charge in [0.25, 0.3) is 0 Å². The normalized spacial score (nSPS) is 25.8. The number of piperidine rings is 1. The number of ether oxygens (including phenoxy) is 1. The highest BCUT2D eigenvalue weighted by molar-refractivity contribution is 5.85. The molecule has 3 saturated heterocycles. The zero-order valence-electron chi connectivity index (χ0n) is 15.2. The first-order valence-corrected chi connectivity index (χ1v) is 9.71. The molecule has 3 rings (SSSR count). The van der Waals surface area contributed by atoms with Gasteiger partial charge in [0.2, 0.25) is 5.91 Å². The largest absolute Gasteiger partial charge is 0.480 e. The van der Waals surface area contributed by atoms with E-state index in [1.165, 1.54) is 0 Å². The Morgan fingerprint density at radius 3 is 2.19 bits per heavy atom. The molecule has 8 nitrogen and oxygen atoms in total. The van der Waals surface area contributed by atoms with Gasteiger partial charge in [-0.05, 0) is 38.5 Å². The third kappa shape index (κ3) is 4.47. The van der Waals surface area contributed by atoms with Crippen molar-refractivity contribution in [1.82, 2.24) is 15.1 Å². The number of carboxylic acids is 1. The van der Waals surface area contributed by atoms with Crippen molar-refractivity contribution < 1.29 is 24.2 Å². The Hall–Kier alpha value is -1.83. The second kappa shape index (κ2) is 8.70. The van der Waals surface area contributed by atoms with Crippen LogP contribution in [0.25, 0.3) is 0 Å². The lowest BCUT2D eigenvalue weighted by molar-refractivity contribution is -0.146. The summed E-state index contributed by atoms with van der Waals surface area (Å²) >= 11 is 0. The number of hydrogen-bond acceptors (Lipinski definition) is 4. The summed E-state index contributed by atoms with van der Waals surface area (Å²) < 4.78 is 5.37. The van der Waals surface area contributed by atoms with Crippen molar-refractivity contribution in [1.29, 1.82) is 0 Å². The Morgan fingerprint density at radius 1 is 0.962 bits per heavy atom. The molecular weight excluding hydrogens is 338 g/mol. The van der Waals surface area contributed by atoms with Crippen LogP contribution in [0.2, 0.25) is 0 Å². The predicted molar refractivity (Wildman–Crippen MR) is 93.6 cm³/mol. The average Bonchev–Trinajstić information content (AvgIpc) is 3.20. The Kier molecular flexibility index (Phi) is 6.34. The zero-order chi connectivity index (χ0) is 18.5. The SMILES string of the molecule is O=C(NC(C(=O)O)C1CCCOC1)C1CCN(C(=O)N2CCCC2)CC1. The number of carbonyl (C=O) groups is 3. The highest BCUT2D eigenvalue weighted by atomic mass is 16.5. The molecule has 8 heteroatoms. The lowest BCUT2D eigenvalue weighted by atomic mass is 9.91. The van der Waals surface area contributed by atoms with Crippen molar-refractivity contribution in [2.75, 3.05) is 39.4 Å².